The molecule has 0 atom stereocenters. The van der Waals surface area contributed by atoms with Gasteiger partial charge < -0.3 is 10.7 Å². The van der Waals surface area contributed by atoms with Crippen molar-refractivity contribution in [3.8, 4) is 0 Å². The van der Waals surface area contributed by atoms with Crippen LogP contribution in [0.25, 0.3) is 10.9 Å². The summed E-state index contributed by atoms with van der Waals surface area (Å²) in [5.74, 6) is -0.545. The Morgan fingerprint density at radius 2 is 2.00 bits per heavy atom. The number of H-pyrrole nitrogens is 1. The first-order valence-electron chi connectivity index (χ1n) is 8.54. The normalized spacial score (nSPS) is 11.2. The molecule has 6 heteroatoms. The van der Waals surface area contributed by atoms with Crippen molar-refractivity contribution in [1.29, 1.82) is 0 Å². The molecule has 26 heavy (non-hydrogen) atoms. The number of nitrogens with two attached hydrogens (primary N) is 1. The summed E-state index contributed by atoms with van der Waals surface area (Å²) in [6, 6.07) is 10.5. The third-order valence-electron chi connectivity index (χ3n) is 4.34. The number of carbonyl (C=O) groups is 1. The Morgan fingerprint density at radius 1 is 1.19 bits per heavy atom. The van der Waals surface area contributed by atoms with E-state index < -0.39 is 5.91 Å². The highest BCUT2D eigenvalue weighted by Crippen LogP contribution is 2.13. The number of hydrogen-bond donors (Lipinski definition) is 2. The number of aromatic nitrogens is 2. The van der Waals surface area contributed by atoms with Crippen molar-refractivity contribution in [2.75, 3.05) is 7.05 Å². The monoisotopic (exact) mass is 350 g/mol. The Kier molecular flexibility index (Phi) is 5.14. The van der Waals surface area contributed by atoms with Crippen LogP contribution in [0.4, 0.5) is 0 Å². The Labute approximate surface area is 151 Å². The number of aryl methyl sites for hydroxylation is 1. The van der Waals surface area contributed by atoms with Gasteiger partial charge in [0, 0.05) is 47.5 Å². The number of rotatable bonds is 6. The summed E-state index contributed by atoms with van der Waals surface area (Å²) in [5.41, 5.74) is 9.17. The average molecular weight is 350 g/mol. The molecular weight excluding hydrogens is 328 g/mol. The number of fused-ring (bicyclic) bond motifs is 1. The van der Waals surface area contributed by atoms with Gasteiger partial charge in [-0.05, 0) is 43.3 Å². The highest BCUT2D eigenvalue weighted by atomic mass is 16.1. The van der Waals surface area contributed by atoms with Crippen molar-refractivity contribution < 1.29 is 4.79 Å². The van der Waals surface area contributed by atoms with Gasteiger partial charge in [0.2, 0.25) is 5.91 Å². The summed E-state index contributed by atoms with van der Waals surface area (Å²) in [5, 5.41) is 0.463. The number of benzene rings is 1. The highest BCUT2D eigenvalue weighted by Gasteiger charge is 2.09. The van der Waals surface area contributed by atoms with Crippen molar-refractivity contribution in [3.63, 3.8) is 0 Å². The number of pyridine rings is 2. The van der Waals surface area contributed by atoms with Gasteiger partial charge >= 0.3 is 0 Å². The first-order chi connectivity index (χ1) is 12.5. The molecule has 0 unspecified atom stereocenters. The topological polar surface area (TPSA) is 92.1 Å². The van der Waals surface area contributed by atoms with Crippen LogP contribution in [0, 0.1) is 0 Å². The van der Waals surface area contributed by atoms with Crippen LogP contribution in [-0.2, 0) is 19.5 Å². The van der Waals surface area contributed by atoms with Crippen molar-refractivity contribution in [2.24, 2.45) is 5.73 Å². The summed E-state index contributed by atoms with van der Waals surface area (Å²) >= 11 is 0. The van der Waals surface area contributed by atoms with Crippen molar-refractivity contribution in [2.45, 2.75) is 26.4 Å². The van der Waals surface area contributed by atoms with Crippen LogP contribution in [0.1, 0.15) is 34.2 Å². The number of nitrogens with one attached hydrogen (secondary N) is 1. The molecule has 6 nitrogen and oxygen atoms in total. The summed E-state index contributed by atoms with van der Waals surface area (Å²) in [7, 11) is 1.98. The van der Waals surface area contributed by atoms with Gasteiger partial charge in [-0.3, -0.25) is 19.5 Å². The molecule has 0 saturated carbocycles. The molecular formula is C20H22N4O2. The maximum atomic E-state index is 12.4. The van der Waals surface area contributed by atoms with Crippen molar-refractivity contribution in [3.05, 3.63) is 75.3 Å². The number of nitrogens with zero attached hydrogens (tertiary/aromatic N) is 2. The molecule has 0 radical (unpaired) electrons. The van der Waals surface area contributed by atoms with Crippen LogP contribution < -0.4 is 11.2 Å². The smallest absolute Gasteiger partial charge is 0.248 e. The molecule has 3 N–H and O–H groups in total. The lowest BCUT2D eigenvalue weighted by Gasteiger charge is -2.16. The minimum Gasteiger partial charge on any atom is -0.366 e. The van der Waals surface area contributed by atoms with Gasteiger partial charge in [-0.25, -0.2) is 0 Å². The maximum absolute atomic E-state index is 12.4. The molecule has 2 aromatic heterocycles. The fraction of sp³-hybridized carbons (Fsp3) is 0.250. The number of primary amides is 1. The van der Waals surface area contributed by atoms with E-state index in [9.17, 15) is 9.59 Å². The van der Waals surface area contributed by atoms with E-state index in [4.69, 9.17) is 5.73 Å². The molecule has 0 saturated heterocycles. The molecule has 2 heterocycles. The van der Waals surface area contributed by atoms with Gasteiger partial charge in [0.15, 0.2) is 5.43 Å². The minimum absolute atomic E-state index is 0.129. The fourth-order valence-electron chi connectivity index (χ4n) is 2.92. The quantitative estimate of drug-likeness (QED) is 0.713. The lowest BCUT2D eigenvalue weighted by Crippen LogP contribution is -2.20. The number of hydrogen-bond acceptors (Lipinski definition) is 4. The van der Waals surface area contributed by atoms with Crippen LogP contribution in [-0.4, -0.2) is 27.8 Å². The third-order valence-corrected chi connectivity index (χ3v) is 4.34. The van der Waals surface area contributed by atoms with E-state index in [0.29, 0.717) is 29.6 Å². The lowest BCUT2D eigenvalue weighted by atomic mass is 10.1. The van der Waals surface area contributed by atoms with Gasteiger partial charge in [0.05, 0.1) is 5.69 Å². The Bertz CT molecular complexity index is 993. The zero-order chi connectivity index (χ0) is 18.7. The van der Waals surface area contributed by atoms with Crippen LogP contribution >= 0.6 is 0 Å². The minimum atomic E-state index is -0.545. The Morgan fingerprint density at radius 3 is 2.65 bits per heavy atom. The van der Waals surface area contributed by atoms with Crippen LogP contribution in [0.3, 0.4) is 0 Å². The second-order valence-corrected chi connectivity index (χ2v) is 6.47. The van der Waals surface area contributed by atoms with Gasteiger partial charge in [-0.15, -0.1) is 0 Å². The van der Waals surface area contributed by atoms with Gasteiger partial charge in [-0.2, -0.15) is 0 Å². The van der Waals surface area contributed by atoms with E-state index in [1.54, 1.807) is 18.2 Å². The molecule has 1 amide bonds. The number of carbonyl (C=O) groups excluding carboxylic acids is 1. The molecule has 0 spiro atoms. The van der Waals surface area contributed by atoms with Gasteiger partial charge in [0.1, 0.15) is 0 Å². The molecule has 134 valence electrons. The number of aromatic amines is 1. The average Bonchev–Trinajstić information content (AvgIpc) is 2.62. The van der Waals surface area contributed by atoms with E-state index in [-0.39, 0.29) is 5.43 Å². The summed E-state index contributed by atoms with van der Waals surface area (Å²) in [4.78, 5) is 33.5. The number of amides is 1. The van der Waals surface area contributed by atoms with E-state index in [1.807, 2.05) is 19.3 Å². The summed E-state index contributed by atoms with van der Waals surface area (Å²) < 4.78 is 0. The van der Waals surface area contributed by atoms with Crippen molar-refractivity contribution in [1.82, 2.24) is 14.9 Å². The van der Waals surface area contributed by atoms with E-state index in [2.05, 4.69) is 27.9 Å². The van der Waals surface area contributed by atoms with E-state index >= 15 is 0 Å². The van der Waals surface area contributed by atoms with E-state index in [1.165, 1.54) is 11.6 Å². The van der Waals surface area contributed by atoms with Crippen molar-refractivity contribution >= 4 is 16.8 Å². The van der Waals surface area contributed by atoms with Gasteiger partial charge in [0.25, 0.3) is 0 Å². The summed E-state index contributed by atoms with van der Waals surface area (Å²) in [6.07, 6.45) is 2.87. The molecule has 0 fully saturated rings. The molecule has 0 aliphatic rings. The van der Waals surface area contributed by atoms with Crippen LogP contribution in [0.15, 0.2) is 47.4 Å². The third kappa shape index (κ3) is 3.97. The predicted octanol–water partition coefficient (Wildman–Crippen LogP) is 2.22. The molecule has 0 aliphatic heterocycles. The molecule has 3 rings (SSSR count). The molecule has 3 aromatic rings. The Balaban J connectivity index is 1.78. The maximum Gasteiger partial charge on any atom is 0.248 e. The zero-order valence-electron chi connectivity index (χ0n) is 15.0. The fourth-order valence-corrected chi connectivity index (χ4v) is 2.92. The lowest BCUT2D eigenvalue weighted by molar-refractivity contribution is 0.100. The molecule has 0 aliphatic carbocycles. The summed E-state index contributed by atoms with van der Waals surface area (Å²) in [6.45, 7) is 3.37. The van der Waals surface area contributed by atoms with Gasteiger partial charge in [-0.1, -0.05) is 13.0 Å². The highest BCUT2D eigenvalue weighted by molar-refractivity contribution is 5.96. The van der Waals surface area contributed by atoms with E-state index in [0.717, 1.165) is 17.8 Å². The zero-order valence-corrected chi connectivity index (χ0v) is 15.0. The second-order valence-electron chi connectivity index (χ2n) is 6.47. The largest absolute Gasteiger partial charge is 0.366 e. The van der Waals surface area contributed by atoms with Crippen LogP contribution in [0.2, 0.25) is 0 Å². The first-order valence-corrected chi connectivity index (χ1v) is 8.54. The predicted molar refractivity (Wildman–Crippen MR) is 102 cm³/mol. The second kappa shape index (κ2) is 7.49. The molecule has 1 aromatic carbocycles. The first kappa shape index (κ1) is 17.8. The SMILES string of the molecule is CCc1ccc(CN(C)Cc2cc(=O)c3cc(C(N)=O)ccc3[nH]2)nc1. The standard InChI is InChI=1S/C20H22N4O2/c1-3-13-4-6-15(22-10-13)11-24(2)12-16-9-19(25)17-8-14(20(21)26)5-7-18(17)23-16/h4-10H,3,11-12H2,1-2H3,(H2,21,26)(H,23,25). The molecule has 0 bridgehead atoms. The van der Waals surface area contributed by atoms with Crippen LogP contribution in [0.5, 0.6) is 0 Å². The Hall–Kier alpha value is -2.99.